The minimum atomic E-state index is 0.0590. The van der Waals surface area contributed by atoms with Crippen molar-refractivity contribution in [2.75, 3.05) is 6.54 Å². The fourth-order valence-corrected chi connectivity index (χ4v) is 3.71. The Morgan fingerprint density at radius 3 is 2.62 bits per heavy atom. The van der Waals surface area contributed by atoms with E-state index in [-0.39, 0.29) is 5.72 Å². The molecule has 16 heavy (non-hydrogen) atoms. The highest BCUT2D eigenvalue weighted by atomic mass is 16.5. The summed E-state index contributed by atoms with van der Waals surface area (Å²) in [5.41, 5.74) is 0.349. The minimum absolute atomic E-state index is 0.0590. The lowest BCUT2D eigenvalue weighted by atomic mass is 9.75. The molecule has 2 spiro atoms. The lowest BCUT2D eigenvalue weighted by molar-refractivity contribution is -0.235. The van der Waals surface area contributed by atoms with E-state index in [1.807, 2.05) is 0 Å². The number of ether oxygens (including phenoxy) is 1. The van der Waals surface area contributed by atoms with Crippen LogP contribution in [0.25, 0.3) is 0 Å². The third-order valence-electron chi connectivity index (χ3n) is 5.02. The van der Waals surface area contributed by atoms with E-state index in [9.17, 15) is 0 Å². The zero-order valence-electron chi connectivity index (χ0n) is 10.6. The Kier molecular flexibility index (Phi) is 2.75. The zero-order valence-corrected chi connectivity index (χ0v) is 10.6. The quantitative estimate of drug-likeness (QED) is 0.681. The van der Waals surface area contributed by atoms with Gasteiger partial charge in [0, 0.05) is 6.54 Å². The summed E-state index contributed by atoms with van der Waals surface area (Å²) < 4.78 is 6.56. The Hall–Kier alpha value is -0.0800. The smallest absolute Gasteiger partial charge is 0.120 e. The van der Waals surface area contributed by atoms with Gasteiger partial charge in [0.15, 0.2) is 0 Å². The van der Waals surface area contributed by atoms with Gasteiger partial charge in [-0.3, -0.25) is 5.32 Å². The summed E-state index contributed by atoms with van der Waals surface area (Å²) in [6.45, 7) is 3.56. The molecule has 2 atom stereocenters. The molecule has 2 heteroatoms. The Bertz CT molecular complexity index is 261. The van der Waals surface area contributed by atoms with E-state index in [4.69, 9.17) is 4.74 Å². The molecular formula is C14H25NO. The third-order valence-corrected chi connectivity index (χ3v) is 5.02. The van der Waals surface area contributed by atoms with Gasteiger partial charge in [-0.15, -0.1) is 0 Å². The standard InChI is InChI=1S/C14H25NO/c1-12-4-2-8-14(9-5-12)15-11-10-13(16-14)6-3-7-13/h12,15H,2-11H2,1H3. The van der Waals surface area contributed by atoms with Gasteiger partial charge in [0.1, 0.15) is 5.72 Å². The average Bonchev–Trinajstić information content (AvgIpc) is 2.40. The van der Waals surface area contributed by atoms with Crippen molar-refractivity contribution in [2.45, 2.75) is 76.0 Å². The van der Waals surface area contributed by atoms with Crippen LogP contribution < -0.4 is 5.32 Å². The van der Waals surface area contributed by atoms with E-state index in [0.29, 0.717) is 5.60 Å². The van der Waals surface area contributed by atoms with Crippen molar-refractivity contribution in [1.82, 2.24) is 5.32 Å². The first-order valence-electron chi connectivity index (χ1n) is 7.17. The molecule has 0 aromatic carbocycles. The summed E-state index contributed by atoms with van der Waals surface area (Å²) in [7, 11) is 0. The maximum Gasteiger partial charge on any atom is 0.120 e. The highest BCUT2D eigenvalue weighted by Gasteiger charge is 2.48. The molecule has 1 N–H and O–H groups in total. The van der Waals surface area contributed by atoms with Crippen LogP contribution in [0.3, 0.4) is 0 Å². The number of nitrogens with one attached hydrogen (secondary N) is 1. The maximum atomic E-state index is 6.56. The minimum Gasteiger partial charge on any atom is -0.354 e. The average molecular weight is 223 g/mol. The third kappa shape index (κ3) is 1.91. The Morgan fingerprint density at radius 1 is 1.00 bits per heavy atom. The van der Waals surface area contributed by atoms with Crippen LogP contribution in [0, 0.1) is 5.92 Å². The van der Waals surface area contributed by atoms with Gasteiger partial charge in [-0.1, -0.05) is 13.3 Å². The van der Waals surface area contributed by atoms with E-state index in [2.05, 4.69) is 12.2 Å². The number of hydrogen-bond acceptors (Lipinski definition) is 2. The molecule has 0 aromatic rings. The van der Waals surface area contributed by atoms with Crippen molar-refractivity contribution in [3.63, 3.8) is 0 Å². The molecule has 3 aliphatic rings. The van der Waals surface area contributed by atoms with E-state index in [1.165, 1.54) is 64.3 Å². The first-order chi connectivity index (χ1) is 7.72. The molecule has 2 nitrogen and oxygen atoms in total. The molecule has 3 rings (SSSR count). The predicted octanol–water partition coefficient (Wildman–Crippen LogP) is 3.22. The van der Waals surface area contributed by atoms with Gasteiger partial charge in [0.05, 0.1) is 5.60 Å². The fourth-order valence-electron chi connectivity index (χ4n) is 3.71. The summed E-state index contributed by atoms with van der Waals surface area (Å²) in [6.07, 6.45) is 11.8. The van der Waals surface area contributed by atoms with Crippen molar-refractivity contribution >= 4 is 0 Å². The maximum absolute atomic E-state index is 6.56. The summed E-state index contributed by atoms with van der Waals surface area (Å²) >= 11 is 0. The molecule has 1 heterocycles. The summed E-state index contributed by atoms with van der Waals surface area (Å²) in [5.74, 6) is 0.893. The SMILES string of the molecule is CC1CCCC2(CC1)NCCC1(CCC1)O2. The van der Waals surface area contributed by atoms with Crippen molar-refractivity contribution in [3.05, 3.63) is 0 Å². The van der Waals surface area contributed by atoms with Crippen LogP contribution >= 0.6 is 0 Å². The molecule has 0 amide bonds. The number of hydrogen-bond donors (Lipinski definition) is 1. The van der Waals surface area contributed by atoms with Gasteiger partial charge in [-0.2, -0.15) is 0 Å². The first kappa shape index (κ1) is 11.0. The fraction of sp³-hybridized carbons (Fsp3) is 1.00. The molecule has 0 radical (unpaired) electrons. The van der Waals surface area contributed by atoms with Crippen molar-refractivity contribution in [1.29, 1.82) is 0 Å². The normalized spacial score (nSPS) is 42.9. The zero-order chi connectivity index (χ0) is 11.1. The van der Waals surface area contributed by atoms with Crippen molar-refractivity contribution < 1.29 is 4.74 Å². The van der Waals surface area contributed by atoms with E-state index >= 15 is 0 Å². The molecule has 2 saturated carbocycles. The van der Waals surface area contributed by atoms with Crippen LogP contribution in [0.2, 0.25) is 0 Å². The van der Waals surface area contributed by atoms with Crippen LogP contribution in [0.4, 0.5) is 0 Å². The molecule has 3 fully saturated rings. The highest BCUT2D eigenvalue weighted by molar-refractivity contribution is 4.98. The van der Waals surface area contributed by atoms with Gasteiger partial charge in [-0.25, -0.2) is 0 Å². The molecule has 1 saturated heterocycles. The second-order valence-electron chi connectivity index (χ2n) is 6.35. The van der Waals surface area contributed by atoms with Crippen LogP contribution in [0.5, 0.6) is 0 Å². The molecule has 2 unspecified atom stereocenters. The monoisotopic (exact) mass is 223 g/mol. The molecule has 0 aromatic heterocycles. The van der Waals surface area contributed by atoms with E-state index in [1.54, 1.807) is 0 Å². The molecule has 92 valence electrons. The van der Waals surface area contributed by atoms with Gasteiger partial charge in [0.25, 0.3) is 0 Å². The molecule has 1 aliphatic heterocycles. The topological polar surface area (TPSA) is 21.3 Å². The second kappa shape index (κ2) is 3.99. The van der Waals surface area contributed by atoms with E-state index in [0.717, 1.165) is 5.92 Å². The van der Waals surface area contributed by atoms with E-state index < -0.39 is 0 Å². The number of rotatable bonds is 0. The largest absolute Gasteiger partial charge is 0.354 e. The van der Waals surface area contributed by atoms with Crippen LogP contribution in [-0.4, -0.2) is 17.9 Å². The Balaban J connectivity index is 1.71. The van der Waals surface area contributed by atoms with Crippen LogP contribution in [0.15, 0.2) is 0 Å². The Labute approximate surface area is 99.1 Å². The van der Waals surface area contributed by atoms with Gasteiger partial charge in [-0.05, 0) is 57.3 Å². The molecule has 2 aliphatic carbocycles. The van der Waals surface area contributed by atoms with Crippen molar-refractivity contribution in [2.24, 2.45) is 5.92 Å². The van der Waals surface area contributed by atoms with Gasteiger partial charge < -0.3 is 4.74 Å². The molecular weight excluding hydrogens is 198 g/mol. The second-order valence-corrected chi connectivity index (χ2v) is 6.35. The Morgan fingerprint density at radius 2 is 1.88 bits per heavy atom. The van der Waals surface area contributed by atoms with Gasteiger partial charge >= 0.3 is 0 Å². The van der Waals surface area contributed by atoms with Crippen molar-refractivity contribution in [3.8, 4) is 0 Å². The van der Waals surface area contributed by atoms with Gasteiger partial charge in [0.2, 0.25) is 0 Å². The highest BCUT2D eigenvalue weighted by Crippen LogP contribution is 2.46. The summed E-state index contributed by atoms with van der Waals surface area (Å²) in [5, 5.41) is 3.70. The lowest BCUT2D eigenvalue weighted by Gasteiger charge is -2.53. The molecule has 0 bridgehead atoms. The summed E-state index contributed by atoms with van der Waals surface area (Å²) in [6, 6.07) is 0. The van der Waals surface area contributed by atoms with Crippen LogP contribution in [0.1, 0.15) is 64.7 Å². The van der Waals surface area contributed by atoms with Crippen LogP contribution in [-0.2, 0) is 4.74 Å². The lowest BCUT2D eigenvalue weighted by Crippen LogP contribution is -2.61. The summed E-state index contributed by atoms with van der Waals surface area (Å²) in [4.78, 5) is 0. The predicted molar refractivity (Wildman–Crippen MR) is 65.3 cm³/mol. The first-order valence-corrected chi connectivity index (χ1v) is 7.17.